The molecule has 3 nitrogen and oxygen atoms in total. The van der Waals surface area contributed by atoms with Crippen LogP contribution in [0, 0.1) is 6.92 Å². The summed E-state index contributed by atoms with van der Waals surface area (Å²) in [6.07, 6.45) is 1.45. The van der Waals surface area contributed by atoms with E-state index in [1.165, 1.54) is 6.08 Å². The van der Waals surface area contributed by atoms with Crippen LogP contribution in [0.5, 0.6) is 0 Å². The van der Waals surface area contributed by atoms with Crippen LogP contribution < -0.4 is 0 Å². The molecule has 2 rings (SSSR count). The summed E-state index contributed by atoms with van der Waals surface area (Å²) in [7, 11) is 0. The number of nitrogens with zero attached hydrogens (tertiary/aromatic N) is 1. The average Bonchev–Trinajstić information content (AvgIpc) is 2.49. The number of furan rings is 1. The first-order chi connectivity index (χ1) is 6.31. The van der Waals surface area contributed by atoms with Gasteiger partial charge in [0.15, 0.2) is 0 Å². The third kappa shape index (κ3) is 1.25. The molecule has 0 atom stereocenters. The van der Waals surface area contributed by atoms with Crippen LogP contribution in [0.15, 0.2) is 33.7 Å². The summed E-state index contributed by atoms with van der Waals surface area (Å²) in [4.78, 5) is 13.4. The molecule has 0 aliphatic rings. The average molecular weight is 173 g/mol. The SMILES string of the molecule is Cc1cccc2cc(N=C=O)oc12. The first-order valence-corrected chi connectivity index (χ1v) is 3.88. The topological polar surface area (TPSA) is 42.6 Å². The fourth-order valence-corrected chi connectivity index (χ4v) is 1.30. The van der Waals surface area contributed by atoms with Crippen LogP contribution in [0.25, 0.3) is 11.0 Å². The Labute approximate surface area is 74.7 Å². The molecule has 0 spiro atoms. The van der Waals surface area contributed by atoms with E-state index < -0.39 is 0 Å². The molecule has 64 valence electrons. The molecule has 2 aromatic rings. The second kappa shape index (κ2) is 2.88. The van der Waals surface area contributed by atoms with Gasteiger partial charge in [-0.15, -0.1) is 4.99 Å². The first-order valence-electron chi connectivity index (χ1n) is 3.88. The van der Waals surface area contributed by atoms with Gasteiger partial charge in [-0.2, -0.15) is 0 Å². The summed E-state index contributed by atoms with van der Waals surface area (Å²) in [5.74, 6) is 0.305. The molecular formula is C10H7NO2. The molecule has 0 fully saturated rings. The molecule has 0 radical (unpaired) electrons. The third-order valence-electron chi connectivity index (χ3n) is 1.88. The summed E-state index contributed by atoms with van der Waals surface area (Å²) in [5.41, 5.74) is 1.81. The van der Waals surface area contributed by atoms with Crippen LogP contribution in [0.3, 0.4) is 0 Å². The number of isocyanates is 1. The van der Waals surface area contributed by atoms with Gasteiger partial charge < -0.3 is 4.42 Å². The standard InChI is InChI=1S/C10H7NO2/c1-7-3-2-4-8-5-9(11-6-12)13-10(7)8/h2-5H,1H3. The second-order valence-electron chi connectivity index (χ2n) is 2.78. The highest BCUT2D eigenvalue weighted by Crippen LogP contribution is 2.26. The Bertz CT molecular complexity index is 493. The van der Waals surface area contributed by atoms with E-state index in [9.17, 15) is 4.79 Å². The summed E-state index contributed by atoms with van der Waals surface area (Å²) in [5, 5.41) is 0.953. The van der Waals surface area contributed by atoms with E-state index in [2.05, 4.69) is 4.99 Å². The Morgan fingerprint density at radius 1 is 1.46 bits per heavy atom. The number of rotatable bonds is 1. The van der Waals surface area contributed by atoms with Crippen molar-refractivity contribution < 1.29 is 9.21 Å². The highest BCUT2D eigenvalue weighted by atomic mass is 16.3. The van der Waals surface area contributed by atoms with E-state index in [1.807, 2.05) is 25.1 Å². The number of carbonyl (C=O) groups excluding carboxylic acids is 1. The highest BCUT2D eigenvalue weighted by Gasteiger charge is 2.03. The van der Waals surface area contributed by atoms with Crippen molar-refractivity contribution in [3.8, 4) is 0 Å². The van der Waals surface area contributed by atoms with Crippen molar-refractivity contribution in [3.63, 3.8) is 0 Å². The predicted octanol–water partition coefficient (Wildman–Crippen LogP) is 2.71. The van der Waals surface area contributed by atoms with Gasteiger partial charge in [0.1, 0.15) is 5.58 Å². The summed E-state index contributed by atoms with van der Waals surface area (Å²) < 4.78 is 5.31. The molecule has 0 bridgehead atoms. The van der Waals surface area contributed by atoms with Crippen LogP contribution >= 0.6 is 0 Å². The smallest absolute Gasteiger partial charge is 0.243 e. The van der Waals surface area contributed by atoms with Crippen molar-refractivity contribution in [3.05, 3.63) is 29.8 Å². The number of aliphatic imine (C=N–C) groups is 1. The molecule has 3 heteroatoms. The summed E-state index contributed by atoms with van der Waals surface area (Å²) in [6, 6.07) is 7.50. The molecule has 0 amide bonds. The molecule has 0 saturated heterocycles. The lowest BCUT2D eigenvalue weighted by atomic mass is 10.2. The van der Waals surface area contributed by atoms with Gasteiger partial charge in [0.05, 0.1) is 0 Å². The molecule has 1 heterocycles. The minimum atomic E-state index is 0.305. The Hall–Kier alpha value is -1.86. The zero-order valence-electron chi connectivity index (χ0n) is 7.07. The number of fused-ring (bicyclic) bond motifs is 1. The van der Waals surface area contributed by atoms with Crippen LogP contribution in [0.4, 0.5) is 5.88 Å². The lowest BCUT2D eigenvalue weighted by Crippen LogP contribution is -1.69. The van der Waals surface area contributed by atoms with E-state index in [0.29, 0.717) is 5.88 Å². The quantitative estimate of drug-likeness (QED) is 0.491. The van der Waals surface area contributed by atoms with Gasteiger partial charge in [-0.05, 0) is 12.5 Å². The zero-order valence-corrected chi connectivity index (χ0v) is 7.07. The Kier molecular flexibility index (Phi) is 1.72. The van der Waals surface area contributed by atoms with Gasteiger partial charge in [0.2, 0.25) is 12.0 Å². The molecule has 1 aromatic heterocycles. The van der Waals surface area contributed by atoms with Crippen molar-refractivity contribution in [2.24, 2.45) is 4.99 Å². The largest absolute Gasteiger partial charge is 0.437 e. The molecular weight excluding hydrogens is 166 g/mol. The molecule has 1 aromatic carbocycles. The van der Waals surface area contributed by atoms with E-state index in [4.69, 9.17) is 4.42 Å². The van der Waals surface area contributed by atoms with Gasteiger partial charge in [-0.3, -0.25) is 0 Å². The van der Waals surface area contributed by atoms with Gasteiger partial charge in [-0.1, -0.05) is 18.2 Å². The predicted molar refractivity (Wildman–Crippen MR) is 48.7 cm³/mol. The number of benzene rings is 1. The van der Waals surface area contributed by atoms with E-state index in [1.54, 1.807) is 6.07 Å². The van der Waals surface area contributed by atoms with Crippen LogP contribution in [-0.4, -0.2) is 6.08 Å². The van der Waals surface area contributed by atoms with Crippen molar-refractivity contribution >= 4 is 22.9 Å². The fraction of sp³-hybridized carbons (Fsp3) is 0.100. The van der Waals surface area contributed by atoms with Crippen LogP contribution in [0.2, 0.25) is 0 Å². The van der Waals surface area contributed by atoms with Gasteiger partial charge in [0.25, 0.3) is 0 Å². The molecule has 0 aliphatic heterocycles. The maximum absolute atomic E-state index is 9.98. The maximum Gasteiger partial charge on any atom is 0.243 e. The number of hydrogen-bond donors (Lipinski definition) is 0. The second-order valence-corrected chi connectivity index (χ2v) is 2.78. The summed E-state index contributed by atoms with van der Waals surface area (Å²) >= 11 is 0. The lowest BCUT2D eigenvalue weighted by molar-refractivity contribution is 0.561. The van der Waals surface area contributed by atoms with Crippen molar-refractivity contribution in [2.75, 3.05) is 0 Å². The number of hydrogen-bond acceptors (Lipinski definition) is 3. The van der Waals surface area contributed by atoms with Crippen molar-refractivity contribution in [1.29, 1.82) is 0 Å². The summed E-state index contributed by atoms with van der Waals surface area (Å²) in [6.45, 7) is 1.94. The zero-order chi connectivity index (χ0) is 9.26. The van der Waals surface area contributed by atoms with Gasteiger partial charge in [0, 0.05) is 11.5 Å². The van der Waals surface area contributed by atoms with E-state index in [0.717, 1.165) is 16.5 Å². The monoisotopic (exact) mass is 173 g/mol. The highest BCUT2D eigenvalue weighted by molar-refractivity contribution is 5.83. The minimum Gasteiger partial charge on any atom is -0.437 e. The van der Waals surface area contributed by atoms with Crippen molar-refractivity contribution in [2.45, 2.75) is 6.92 Å². The third-order valence-corrected chi connectivity index (χ3v) is 1.88. The van der Waals surface area contributed by atoms with E-state index in [-0.39, 0.29) is 0 Å². The fourth-order valence-electron chi connectivity index (χ4n) is 1.30. The Balaban J connectivity index is 2.75. The van der Waals surface area contributed by atoms with Gasteiger partial charge in [-0.25, -0.2) is 4.79 Å². The molecule has 0 aliphatic carbocycles. The van der Waals surface area contributed by atoms with Crippen molar-refractivity contribution in [1.82, 2.24) is 0 Å². The maximum atomic E-state index is 9.98. The molecule has 0 unspecified atom stereocenters. The van der Waals surface area contributed by atoms with Crippen LogP contribution in [0.1, 0.15) is 5.56 Å². The molecule has 13 heavy (non-hydrogen) atoms. The number of para-hydroxylation sites is 1. The first kappa shape index (κ1) is 7.77. The molecule has 0 N–H and O–H groups in total. The van der Waals surface area contributed by atoms with Gasteiger partial charge >= 0.3 is 0 Å². The molecule has 0 saturated carbocycles. The van der Waals surface area contributed by atoms with E-state index >= 15 is 0 Å². The number of aryl methyl sites for hydroxylation is 1. The lowest BCUT2D eigenvalue weighted by Gasteiger charge is -1.90. The minimum absolute atomic E-state index is 0.305. The Morgan fingerprint density at radius 3 is 3.00 bits per heavy atom. The normalized spacial score (nSPS) is 9.92. The van der Waals surface area contributed by atoms with Crippen LogP contribution in [-0.2, 0) is 4.79 Å². The Morgan fingerprint density at radius 2 is 2.31 bits per heavy atom.